The van der Waals surface area contributed by atoms with Crippen molar-refractivity contribution in [2.75, 3.05) is 11.4 Å². The predicted octanol–water partition coefficient (Wildman–Crippen LogP) is 2.21. The Balaban J connectivity index is 2.03. The van der Waals surface area contributed by atoms with Crippen molar-refractivity contribution in [3.63, 3.8) is 0 Å². The van der Waals surface area contributed by atoms with Crippen LogP contribution in [0.3, 0.4) is 0 Å². The Kier molecular flexibility index (Phi) is 3.17. The van der Waals surface area contributed by atoms with Gasteiger partial charge in [-0.25, -0.2) is 4.39 Å². The first kappa shape index (κ1) is 13.4. The molecule has 2 saturated heterocycles. The second-order valence-corrected chi connectivity index (χ2v) is 5.64. The highest BCUT2D eigenvalue weighted by Crippen LogP contribution is 2.32. The Labute approximate surface area is 121 Å². The Morgan fingerprint density at radius 1 is 1.25 bits per heavy atom. The van der Waals surface area contributed by atoms with Gasteiger partial charge in [-0.15, -0.1) is 0 Å². The highest BCUT2D eigenvalue weighted by atomic mass is 35.5. The van der Waals surface area contributed by atoms with Crippen LogP contribution >= 0.6 is 11.6 Å². The normalized spacial score (nSPS) is 26.1. The molecule has 2 fully saturated rings. The van der Waals surface area contributed by atoms with Crippen LogP contribution in [0.15, 0.2) is 18.2 Å². The minimum atomic E-state index is -0.630. The number of rotatable bonds is 1. The van der Waals surface area contributed by atoms with Gasteiger partial charge in [-0.05, 0) is 38.0 Å². The van der Waals surface area contributed by atoms with Crippen LogP contribution in [0.2, 0.25) is 5.02 Å². The Morgan fingerprint density at radius 3 is 2.70 bits per heavy atom. The van der Waals surface area contributed by atoms with Gasteiger partial charge >= 0.3 is 0 Å². The van der Waals surface area contributed by atoms with E-state index in [0.29, 0.717) is 18.7 Å². The molecule has 1 aromatic rings. The summed E-state index contributed by atoms with van der Waals surface area (Å²) in [5.41, 5.74) is 0.340. The third-order valence-corrected chi connectivity index (χ3v) is 4.15. The lowest BCUT2D eigenvalue weighted by Crippen LogP contribution is -2.62. The van der Waals surface area contributed by atoms with E-state index in [0.717, 1.165) is 6.42 Å². The molecule has 3 rings (SSSR count). The molecule has 2 aliphatic heterocycles. The maximum atomic E-state index is 13.5. The number of halogens is 2. The zero-order valence-electron chi connectivity index (χ0n) is 11.0. The average Bonchev–Trinajstić information content (AvgIpc) is 2.85. The second kappa shape index (κ2) is 4.74. The van der Waals surface area contributed by atoms with Gasteiger partial charge in [-0.2, -0.15) is 0 Å². The molecular weight excluding hydrogens is 283 g/mol. The molecule has 0 saturated carbocycles. The molecule has 0 aliphatic carbocycles. The van der Waals surface area contributed by atoms with Crippen LogP contribution in [-0.4, -0.2) is 35.3 Å². The van der Waals surface area contributed by atoms with Gasteiger partial charge < -0.3 is 4.90 Å². The third-order valence-electron chi connectivity index (χ3n) is 3.93. The molecule has 0 aromatic heterocycles. The molecule has 106 valence electrons. The van der Waals surface area contributed by atoms with E-state index in [-0.39, 0.29) is 16.8 Å². The van der Waals surface area contributed by atoms with Crippen LogP contribution in [-0.2, 0) is 9.59 Å². The van der Waals surface area contributed by atoms with E-state index < -0.39 is 17.9 Å². The van der Waals surface area contributed by atoms with Gasteiger partial charge in [0.2, 0.25) is 5.91 Å². The Hall–Kier alpha value is -1.62. The maximum absolute atomic E-state index is 13.5. The number of carbonyl (C=O) groups excluding carboxylic acids is 2. The fourth-order valence-electron chi connectivity index (χ4n) is 3.02. The van der Waals surface area contributed by atoms with Crippen molar-refractivity contribution in [3.8, 4) is 0 Å². The number of amides is 2. The first-order valence-corrected chi connectivity index (χ1v) is 6.96. The lowest BCUT2D eigenvalue weighted by atomic mass is 10.1. The highest BCUT2D eigenvalue weighted by Gasteiger charge is 2.46. The molecule has 0 N–H and O–H groups in total. The van der Waals surface area contributed by atoms with E-state index in [9.17, 15) is 14.0 Å². The lowest BCUT2D eigenvalue weighted by molar-refractivity contribution is -0.143. The van der Waals surface area contributed by atoms with E-state index in [1.165, 1.54) is 23.1 Å². The first-order valence-electron chi connectivity index (χ1n) is 6.58. The molecular formula is C14H14ClFN2O2. The fraction of sp³-hybridized carbons (Fsp3) is 0.429. The summed E-state index contributed by atoms with van der Waals surface area (Å²) >= 11 is 5.84. The largest absolute Gasteiger partial charge is 0.329 e. The summed E-state index contributed by atoms with van der Waals surface area (Å²) in [7, 11) is 0. The zero-order valence-corrected chi connectivity index (χ0v) is 11.7. The standard InChI is InChI=1S/C14H14ClFN2O2/c1-8-13(19)17-4-2-3-12(17)14(20)18(8)11-6-9(15)5-10(16)7-11/h5-8,12H,2-4H2,1H3. The minimum absolute atomic E-state index is 0.0903. The number of benzene rings is 1. The van der Waals surface area contributed by atoms with Gasteiger partial charge in [-0.1, -0.05) is 11.6 Å². The third kappa shape index (κ3) is 1.97. The van der Waals surface area contributed by atoms with Crippen molar-refractivity contribution in [1.29, 1.82) is 0 Å². The van der Waals surface area contributed by atoms with Crippen LogP contribution in [0.25, 0.3) is 0 Å². The van der Waals surface area contributed by atoms with Crippen molar-refractivity contribution in [3.05, 3.63) is 29.0 Å². The molecule has 2 atom stereocenters. The monoisotopic (exact) mass is 296 g/mol. The fourth-order valence-corrected chi connectivity index (χ4v) is 3.23. The van der Waals surface area contributed by atoms with Crippen LogP contribution < -0.4 is 4.90 Å². The summed E-state index contributed by atoms with van der Waals surface area (Å²) in [6.45, 7) is 2.28. The van der Waals surface area contributed by atoms with Crippen LogP contribution in [0.5, 0.6) is 0 Å². The lowest BCUT2D eigenvalue weighted by Gasteiger charge is -2.40. The van der Waals surface area contributed by atoms with E-state index in [2.05, 4.69) is 0 Å². The van der Waals surface area contributed by atoms with Crippen molar-refractivity contribution in [1.82, 2.24) is 4.90 Å². The van der Waals surface area contributed by atoms with E-state index in [1.807, 2.05) is 0 Å². The van der Waals surface area contributed by atoms with Gasteiger partial charge in [-0.3, -0.25) is 14.5 Å². The summed E-state index contributed by atoms with van der Waals surface area (Å²) < 4.78 is 13.5. The molecule has 6 heteroatoms. The van der Waals surface area contributed by atoms with Crippen LogP contribution in [0, 0.1) is 5.82 Å². The summed E-state index contributed by atoms with van der Waals surface area (Å²) in [4.78, 5) is 27.9. The van der Waals surface area contributed by atoms with Gasteiger partial charge in [0.15, 0.2) is 0 Å². The average molecular weight is 297 g/mol. The number of hydrogen-bond donors (Lipinski definition) is 0. The number of nitrogens with zero attached hydrogens (tertiary/aromatic N) is 2. The number of hydrogen-bond acceptors (Lipinski definition) is 2. The van der Waals surface area contributed by atoms with E-state index in [4.69, 9.17) is 11.6 Å². The molecule has 2 amide bonds. The zero-order chi connectivity index (χ0) is 14.4. The maximum Gasteiger partial charge on any atom is 0.250 e. The molecule has 0 bridgehead atoms. The van der Waals surface area contributed by atoms with Crippen molar-refractivity contribution < 1.29 is 14.0 Å². The molecule has 2 unspecified atom stereocenters. The van der Waals surface area contributed by atoms with Gasteiger partial charge in [0.25, 0.3) is 5.91 Å². The Bertz CT molecular complexity index is 572. The number of fused-ring (bicyclic) bond motifs is 1. The van der Waals surface area contributed by atoms with Gasteiger partial charge in [0.1, 0.15) is 17.9 Å². The summed E-state index contributed by atoms with van der Waals surface area (Å²) in [6, 6.07) is 2.87. The Morgan fingerprint density at radius 2 is 2.00 bits per heavy atom. The summed E-state index contributed by atoms with van der Waals surface area (Å²) in [6.07, 6.45) is 1.49. The molecule has 20 heavy (non-hydrogen) atoms. The summed E-state index contributed by atoms with van der Waals surface area (Å²) in [5.74, 6) is -0.766. The number of carbonyl (C=O) groups is 2. The first-order chi connectivity index (χ1) is 9.49. The number of piperazine rings is 1. The SMILES string of the molecule is CC1C(=O)N2CCCC2C(=O)N1c1cc(F)cc(Cl)c1. The second-order valence-electron chi connectivity index (χ2n) is 5.20. The van der Waals surface area contributed by atoms with Crippen molar-refractivity contribution in [2.45, 2.75) is 31.8 Å². The predicted molar refractivity (Wildman–Crippen MR) is 73.1 cm³/mol. The van der Waals surface area contributed by atoms with E-state index in [1.54, 1.807) is 11.8 Å². The van der Waals surface area contributed by atoms with Crippen molar-refractivity contribution in [2.24, 2.45) is 0 Å². The smallest absolute Gasteiger partial charge is 0.250 e. The van der Waals surface area contributed by atoms with Crippen LogP contribution in [0.4, 0.5) is 10.1 Å². The van der Waals surface area contributed by atoms with Crippen LogP contribution in [0.1, 0.15) is 19.8 Å². The van der Waals surface area contributed by atoms with Crippen molar-refractivity contribution >= 4 is 29.1 Å². The molecule has 1 aromatic carbocycles. The molecule has 2 heterocycles. The topological polar surface area (TPSA) is 40.6 Å². The van der Waals surface area contributed by atoms with Gasteiger partial charge in [0.05, 0.1) is 0 Å². The molecule has 2 aliphatic rings. The van der Waals surface area contributed by atoms with E-state index >= 15 is 0 Å². The molecule has 0 spiro atoms. The highest BCUT2D eigenvalue weighted by molar-refractivity contribution is 6.31. The minimum Gasteiger partial charge on any atom is -0.329 e. The number of anilines is 1. The molecule has 0 radical (unpaired) electrons. The quantitative estimate of drug-likeness (QED) is 0.797. The molecule has 4 nitrogen and oxygen atoms in total. The van der Waals surface area contributed by atoms with Gasteiger partial charge in [0, 0.05) is 17.3 Å². The summed E-state index contributed by atoms with van der Waals surface area (Å²) in [5, 5.41) is 0.210.